The van der Waals surface area contributed by atoms with E-state index in [0.29, 0.717) is 39.0 Å². The second-order valence-corrected chi connectivity index (χ2v) is 10.2. The van der Waals surface area contributed by atoms with Crippen molar-refractivity contribution >= 4 is 28.4 Å². The van der Waals surface area contributed by atoms with E-state index < -0.39 is 22.9 Å². The summed E-state index contributed by atoms with van der Waals surface area (Å²) in [5.41, 5.74) is -0.233. The standard InChI is InChI=1S/C28H28ClFN4O4/c1-15-10-17-11-18(12-21(38-5)24(17)34-33-15)26(35)31-14-28(4,37)22-13-20(27(2,3)36)23(29)25(32-22)16-6-8-19(30)9-7-16/h6-13,36-37H,14H2,1-5H3,(H,31,35)/t28-/m1/s1. The molecule has 0 bridgehead atoms. The zero-order valence-electron chi connectivity index (χ0n) is 21.6. The molecule has 10 heteroatoms. The van der Waals surface area contributed by atoms with Gasteiger partial charge in [0.1, 0.15) is 22.7 Å². The van der Waals surface area contributed by atoms with Gasteiger partial charge in [-0.15, -0.1) is 5.10 Å². The SMILES string of the molecule is COc1cc(C(=O)NC[C@@](C)(O)c2cc(C(C)(C)O)c(Cl)c(-c3ccc(F)cc3)n2)cc2cc(C)nnc12. The van der Waals surface area contributed by atoms with Gasteiger partial charge < -0.3 is 20.3 Å². The number of aromatic nitrogens is 3. The predicted octanol–water partition coefficient (Wildman–Crippen LogP) is 4.67. The molecule has 2 aromatic carbocycles. The van der Waals surface area contributed by atoms with Crippen LogP contribution in [-0.4, -0.2) is 45.0 Å². The van der Waals surface area contributed by atoms with Gasteiger partial charge in [0.2, 0.25) is 0 Å². The van der Waals surface area contributed by atoms with Crippen LogP contribution in [0.2, 0.25) is 5.02 Å². The van der Waals surface area contributed by atoms with Crippen LogP contribution in [0, 0.1) is 12.7 Å². The molecule has 4 rings (SSSR count). The topological polar surface area (TPSA) is 117 Å². The van der Waals surface area contributed by atoms with Crippen molar-refractivity contribution in [2.24, 2.45) is 0 Å². The van der Waals surface area contributed by atoms with Crippen LogP contribution in [-0.2, 0) is 11.2 Å². The molecule has 1 amide bonds. The predicted molar refractivity (Wildman–Crippen MR) is 143 cm³/mol. The molecule has 38 heavy (non-hydrogen) atoms. The summed E-state index contributed by atoms with van der Waals surface area (Å²) < 4.78 is 18.9. The number of aryl methyl sites for hydroxylation is 1. The van der Waals surface area contributed by atoms with E-state index >= 15 is 0 Å². The summed E-state index contributed by atoms with van der Waals surface area (Å²) >= 11 is 6.60. The summed E-state index contributed by atoms with van der Waals surface area (Å²) in [6.07, 6.45) is 0. The Kier molecular flexibility index (Phi) is 7.38. The Morgan fingerprint density at radius 1 is 1.08 bits per heavy atom. The van der Waals surface area contributed by atoms with E-state index in [1.54, 1.807) is 39.0 Å². The number of rotatable bonds is 7. The number of nitrogens with one attached hydrogen (secondary N) is 1. The van der Waals surface area contributed by atoms with Gasteiger partial charge in [0.05, 0.1) is 41.4 Å². The number of benzene rings is 2. The number of aliphatic hydroxyl groups is 2. The van der Waals surface area contributed by atoms with E-state index in [1.807, 2.05) is 0 Å². The highest BCUT2D eigenvalue weighted by Crippen LogP contribution is 2.37. The zero-order valence-corrected chi connectivity index (χ0v) is 22.4. The number of hydrogen-bond acceptors (Lipinski definition) is 7. The molecular weight excluding hydrogens is 511 g/mol. The maximum absolute atomic E-state index is 13.5. The van der Waals surface area contributed by atoms with Gasteiger partial charge in [0.15, 0.2) is 0 Å². The number of pyridine rings is 1. The second kappa shape index (κ2) is 10.2. The fraction of sp³-hybridized carbons (Fsp3) is 0.286. The van der Waals surface area contributed by atoms with E-state index in [4.69, 9.17) is 16.3 Å². The van der Waals surface area contributed by atoms with Crippen LogP contribution in [0.3, 0.4) is 0 Å². The van der Waals surface area contributed by atoms with Gasteiger partial charge in [-0.05, 0) is 76.2 Å². The normalized spacial score (nSPS) is 13.3. The quantitative estimate of drug-likeness (QED) is 0.313. The van der Waals surface area contributed by atoms with Crippen LogP contribution < -0.4 is 10.1 Å². The van der Waals surface area contributed by atoms with Gasteiger partial charge >= 0.3 is 0 Å². The van der Waals surface area contributed by atoms with E-state index in [-0.39, 0.29) is 23.0 Å². The number of carbonyl (C=O) groups excluding carboxylic acids is 1. The maximum atomic E-state index is 13.5. The van der Waals surface area contributed by atoms with Gasteiger partial charge in [0.25, 0.3) is 5.91 Å². The second-order valence-electron chi connectivity index (χ2n) is 9.84. The van der Waals surface area contributed by atoms with E-state index in [0.717, 1.165) is 0 Å². The molecule has 0 fully saturated rings. The van der Waals surface area contributed by atoms with Crippen molar-refractivity contribution in [2.45, 2.75) is 38.9 Å². The highest BCUT2D eigenvalue weighted by atomic mass is 35.5. The molecule has 1 atom stereocenters. The molecule has 4 aromatic rings. The van der Waals surface area contributed by atoms with Crippen molar-refractivity contribution in [2.75, 3.05) is 13.7 Å². The summed E-state index contributed by atoms with van der Waals surface area (Å²) in [7, 11) is 1.48. The first-order valence-electron chi connectivity index (χ1n) is 11.8. The Labute approximate surface area is 224 Å². The molecule has 0 unspecified atom stereocenters. The minimum atomic E-state index is -1.65. The van der Waals surface area contributed by atoms with Crippen LogP contribution in [0.4, 0.5) is 4.39 Å². The molecule has 0 aliphatic carbocycles. The van der Waals surface area contributed by atoms with Crippen LogP contribution in [0.25, 0.3) is 22.2 Å². The lowest BCUT2D eigenvalue weighted by atomic mass is 9.91. The van der Waals surface area contributed by atoms with Crippen molar-refractivity contribution < 1.29 is 24.1 Å². The van der Waals surface area contributed by atoms with Crippen molar-refractivity contribution in [3.05, 3.63) is 81.9 Å². The molecule has 0 spiro atoms. The Balaban J connectivity index is 1.67. The molecule has 0 saturated heterocycles. The number of carbonyl (C=O) groups is 1. The highest BCUT2D eigenvalue weighted by Gasteiger charge is 2.31. The molecule has 3 N–H and O–H groups in total. The van der Waals surface area contributed by atoms with Gasteiger partial charge in [-0.25, -0.2) is 9.37 Å². The Bertz CT molecular complexity index is 1520. The lowest BCUT2D eigenvalue weighted by Crippen LogP contribution is -2.39. The third-order valence-corrected chi connectivity index (χ3v) is 6.52. The Hall–Kier alpha value is -3.66. The molecule has 8 nitrogen and oxygen atoms in total. The number of fused-ring (bicyclic) bond motifs is 1. The van der Waals surface area contributed by atoms with Gasteiger partial charge in [-0.2, -0.15) is 5.10 Å². The third kappa shape index (κ3) is 5.60. The summed E-state index contributed by atoms with van der Waals surface area (Å²) in [5.74, 6) is -0.480. The summed E-state index contributed by atoms with van der Waals surface area (Å²) in [5, 5.41) is 33.9. The summed E-state index contributed by atoms with van der Waals surface area (Å²) in [4.78, 5) is 17.6. The van der Waals surface area contributed by atoms with Crippen LogP contribution >= 0.6 is 11.6 Å². The van der Waals surface area contributed by atoms with Crippen molar-refractivity contribution in [3.63, 3.8) is 0 Å². The molecule has 0 saturated carbocycles. The number of amides is 1. The largest absolute Gasteiger partial charge is 0.494 e. The number of hydrogen-bond donors (Lipinski definition) is 3. The molecule has 198 valence electrons. The average molecular weight is 539 g/mol. The molecule has 2 aromatic heterocycles. The average Bonchev–Trinajstić information content (AvgIpc) is 2.86. The van der Waals surface area contributed by atoms with E-state index in [1.165, 1.54) is 44.4 Å². The molecule has 0 aliphatic heterocycles. The molecule has 2 heterocycles. The number of ether oxygens (including phenoxy) is 1. The van der Waals surface area contributed by atoms with Crippen molar-refractivity contribution in [1.29, 1.82) is 0 Å². The minimum absolute atomic E-state index is 0.167. The monoisotopic (exact) mass is 538 g/mol. The summed E-state index contributed by atoms with van der Waals surface area (Å²) in [6.45, 7) is 6.20. The minimum Gasteiger partial charge on any atom is -0.494 e. The van der Waals surface area contributed by atoms with E-state index in [9.17, 15) is 19.4 Å². The Morgan fingerprint density at radius 2 is 1.76 bits per heavy atom. The maximum Gasteiger partial charge on any atom is 0.251 e. The van der Waals surface area contributed by atoms with Crippen LogP contribution in [0.1, 0.15) is 48.1 Å². The highest BCUT2D eigenvalue weighted by molar-refractivity contribution is 6.34. The zero-order chi connectivity index (χ0) is 27.8. The van der Waals surface area contributed by atoms with Gasteiger partial charge in [-0.3, -0.25) is 4.79 Å². The number of nitrogens with zero attached hydrogens (tertiary/aromatic N) is 3. The van der Waals surface area contributed by atoms with Gasteiger partial charge in [-0.1, -0.05) is 11.6 Å². The summed E-state index contributed by atoms with van der Waals surface area (Å²) in [6, 6.07) is 12.1. The van der Waals surface area contributed by atoms with Crippen molar-refractivity contribution in [3.8, 4) is 17.0 Å². The molecular formula is C28H28ClFN4O4. The number of methoxy groups -OCH3 is 1. The van der Waals surface area contributed by atoms with Crippen LogP contribution in [0.5, 0.6) is 5.75 Å². The van der Waals surface area contributed by atoms with Gasteiger partial charge in [0, 0.05) is 22.1 Å². The van der Waals surface area contributed by atoms with Crippen LogP contribution in [0.15, 0.2) is 48.5 Å². The number of halogens is 2. The first-order chi connectivity index (χ1) is 17.8. The Morgan fingerprint density at radius 3 is 2.39 bits per heavy atom. The first kappa shape index (κ1) is 27.4. The van der Waals surface area contributed by atoms with E-state index in [2.05, 4.69) is 20.5 Å². The lowest BCUT2D eigenvalue weighted by molar-refractivity contribution is 0.0475. The third-order valence-electron chi connectivity index (χ3n) is 6.14. The first-order valence-corrected chi connectivity index (χ1v) is 12.2. The van der Waals surface area contributed by atoms with Crippen molar-refractivity contribution in [1.82, 2.24) is 20.5 Å². The smallest absolute Gasteiger partial charge is 0.251 e. The molecule has 0 aliphatic rings. The lowest BCUT2D eigenvalue weighted by Gasteiger charge is -2.28. The fourth-order valence-corrected chi connectivity index (χ4v) is 4.45. The fourth-order valence-electron chi connectivity index (χ4n) is 4.01. The molecule has 0 radical (unpaired) electrons.